The highest BCUT2D eigenvalue weighted by molar-refractivity contribution is 7.89. The smallest absolute Gasteiger partial charge is 0.243 e. The molecule has 3 rings (SSSR count). The summed E-state index contributed by atoms with van der Waals surface area (Å²) in [6.45, 7) is 2.75. The normalized spacial score (nSPS) is 18.0. The number of sulfonamides is 1. The Morgan fingerprint density at radius 2 is 1.79 bits per heavy atom. The second kappa shape index (κ2) is 8.84. The third-order valence-corrected chi connectivity index (χ3v) is 6.93. The van der Waals surface area contributed by atoms with Crippen molar-refractivity contribution in [3.05, 3.63) is 65.5 Å². The molecule has 2 aromatic rings. The minimum absolute atomic E-state index is 0.00764. The Kier molecular flexibility index (Phi) is 6.46. The van der Waals surface area contributed by atoms with Crippen LogP contribution in [0, 0.1) is 12.7 Å². The first-order chi connectivity index (χ1) is 13.4. The molecule has 2 aromatic carbocycles. The van der Waals surface area contributed by atoms with Crippen molar-refractivity contribution in [1.82, 2.24) is 9.62 Å². The van der Waals surface area contributed by atoms with Gasteiger partial charge in [-0.1, -0.05) is 36.2 Å². The van der Waals surface area contributed by atoms with Crippen LogP contribution in [0.25, 0.3) is 0 Å². The average molecular weight is 405 g/mol. The maximum Gasteiger partial charge on any atom is 0.243 e. The highest BCUT2D eigenvalue weighted by atomic mass is 32.2. The van der Waals surface area contributed by atoms with E-state index in [1.807, 2.05) is 31.2 Å². The number of aryl methyl sites for hydroxylation is 1. The van der Waals surface area contributed by atoms with E-state index in [4.69, 9.17) is 0 Å². The van der Waals surface area contributed by atoms with Gasteiger partial charge in [0.05, 0.1) is 4.90 Å². The number of halogens is 1. The van der Waals surface area contributed by atoms with E-state index >= 15 is 0 Å². The van der Waals surface area contributed by atoms with E-state index in [1.54, 1.807) is 0 Å². The summed E-state index contributed by atoms with van der Waals surface area (Å²) >= 11 is 0. The molecule has 28 heavy (non-hydrogen) atoms. The Hall–Kier alpha value is -2.25. The van der Waals surface area contributed by atoms with Gasteiger partial charge in [0.15, 0.2) is 0 Å². The number of hydrogen-bond acceptors (Lipinski definition) is 3. The Morgan fingerprint density at radius 1 is 1.11 bits per heavy atom. The third-order valence-electron chi connectivity index (χ3n) is 5.01. The molecular weight excluding hydrogens is 379 g/mol. The van der Waals surface area contributed by atoms with E-state index in [0.717, 1.165) is 24.1 Å². The summed E-state index contributed by atoms with van der Waals surface area (Å²) in [7, 11) is -3.85. The van der Waals surface area contributed by atoms with Crippen molar-refractivity contribution >= 4 is 15.9 Å². The fraction of sp³-hybridized carbons (Fsp3) is 0.381. The highest BCUT2D eigenvalue weighted by Crippen LogP contribution is 2.25. The summed E-state index contributed by atoms with van der Waals surface area (Å²) < 4.78 is 40.3. The van der Waals surface area contributed by atoms with E-state index in [9.17, 15) is 17.6 Å². The quantitative estimate of drug-likeness (QED) is 0.805. The van der Waals surface area contributed by atoms with Crippen LogP contribution in [0.15, 0.2) is 53.4 Å². The van der Waals surface area contributed by atoms with Crippen LogP contribution >= 0.6 is 0 Å². The maximum absolute atomic E-state index is 13.2. The Labute approximate surface area is 165 Å². The number of nitrogens with one attached hydrogen (secondary N) is 1. The van der Waals surface area contributed by atoms with Crippen molar-refractivity contribution in [2.24, 2.45) is 0 Å². The molecule has 150 valence electrons. The maximum atomic E-state index is 13.2. The second-order valence-corrected chi connectivity index (χ2v) is 9.00. The summed E-state index contributed by atoms with van der Waals surface area (Å²) in [5.74, 6) is -0.777. The fourth-order valence-electron chi connectivity index (χ4n) is 3.40. The lowest BCUT2D eigenvalue weighted by atomic mass is 10.0. The van der Waals surface area contributed by atoms with Gasteiger partial charge in [-0.3, -0.25) is 4.79 Å². The fourth-order valence-corrected chi connectivity index (χ4v) is 5.06. The molecule has 1 saturated heterocycles. The van der Waals surface area contributed by atoms with Gasteiger partial charge in [-0.05, 0) is 56.0 Å². The number of rotatable bonds is 6. The molecule has 1 amide bonds. The molecule has 0 aliphatic carbocycles. The van der Waals surface area contributed by atoms with Crippen LogP contribution in [0.3, 0.4) is 0 Å². The minimum Gasteiger partial charge on any atom is -0.354 e. The van der Waals surface area contributed by atoms with Crippen molar-refractivity contribution in [2.75, 3.05) is 13.1 Å². The van der Waals surface area contributed by atoms with Crippen molar-refractivity contribution in [1.29, 1.82) is 0 Å². The topological polar surface area (TPSA) is 66.5 Å². The van der Waals surface area contributed by atoms with Crippen LogP contribution in [0.2, 0.25) is 0 Å². The molecule has 1 heterocycles. The zero-order valence-corrected chi connectivity index (χ0v) is 16.7. The molecule has 0 saturated carbocycles. The lowest BCUT2D eigenvalue weighted by Crippen LogP contribution is -2.52. The molecule has 1 aliphatic rings. The summed E-state index contributed by atoms with van der Waals surface area (Å²) in [6.07, 6.45) is 2.67. The second-order valence-electron chi connectivity index (χ2n) is 7.11. The number of nitrogens with zero attached hydrogens (tertiary/aromatic N) is 1. The molecule has 1 N–H and O–H groups in total. The number of amides is 1. The van der Waals surface area contributed by atoms with Gasteiger partial charge in [0, 0.05) is 13.1 Å². The summed E-state index contributed by atoms with van der Waals surface area (Å²) in [5.41, 5.74) is 2.29. The zero-order valence-electron chi connectivity index (χ0n) is 15.9. The van der Waals surface area contributed by atoms with Crippen LogP contribution in [-0.4, -0.2) is 37.8 Å². The molecule has 1 fully saturated rings. The van der Waals surface area contributed by atoms with Gasteiger partial charge >= 0.3 is 0 Å². The summed E-state index contributed by atoms with van der Waals surface area (Å²) in [4.78, 5) is 12.7. The molecule has 0 aromatic heterocycles. The standard InChI is InChI=1S/C21H25FN2O3S/c1-16-5-7-17(8-6-16)13-14-23-21(25)20-4-2-3-15-24(20)28(26,27)19-11-9-18(22)10-12-19/h5-12,20H,2-4,13-15H2,1H3,(H,23,25)/t20-/m1/s1. The van der Waals surface area contributed by atoms with Gasteiger partial charge in [0.1, 0.15) is 11.9 Å². The molecule has 1 atom stereocenters. The predicted molar refractivity (Wildman–Crippen MR) is 106 cm³/mol. The molecule has 0 bridgehead atoms. The van der Waals surface area contributed by atoms with Gasteiger partial charge in [0.2, 0.25) is 15.9 Å². The highest BCUT2D eigenvalue weighted by Gasteiger charge is 2.37. The van der Waals surface area contributed by atoms with E-state index in [2.05, 4.69) is 5.32 Å². The SMILES string of the molecule is Cc1ccc(CCNC(=O)[C@H]2CCCCN2S(=O)(=O)c2ccc(F)cc2)cc1. The van der Waals surface area contributed by atoms with E-state index in [1.165, 1.54) is 22.0 Å². The molecule has 1 aliphatic heterocycles. The minimum atomic E-state index is -3.85. The molecular formula is C21H25FN2O3S. The van der Waals surface area contributed by atoms with Gasteiger partial charge in [-0.2, -0.15) is 4.31 Å². The third kappa shape index (κ3) is 4.77. The first-order valence-electron chi connectivity index (χ1n) is 9.48. The van der Waals surface area contributed by atoms with Crippen LogP contribution in [-0.2, 0) is 21.2 Å². The molecule has 0 unspecified atom stereocenters. The number of benzene rings is 2. The van der Waals surface area contributed by atoms with Crippen molar-refractivity contribution < 1.29 is 17.6 Å². The van der Waals surface area contributed by atoms with Gasteiger partial charge in [-0.25, -0.2) is 12.8 Å². The van der Waals surface area contributed by atoms with Crippen LogP contribution in [0.1, 0.15) is 30.4 Å². The van der Waals surface area contributed by atoms with Crippen molar-refractivity contribution in [3.8, 4) is 0 Å². The molecule has 0 radical (unpaired) electrons. The number of carbonyl (C=O) groups is 1. The summed E-state index contributed by atoms with van der Waals surface area (Å²) in [5, 5.41) is 2.87. The van der Waals surface area contributed by atoms with Gasteiger partial charge in [-0.15, -0.1) is 0 Å². The number of piperidine rings is 1. The molecule has 0 spiro atoms. The molecule has 7 heteroatoms. The van der Waals surface area contributed by atoms with E-state index in [0.29, 0.717) is 25.8 Å². The number of carbonyl (C=O) groups excluding carboxylic acids is 1. The van der Waals surface area contributed by atoms with E-state index in [-0.39, 0.29) is 17.3 Å². The van der Waals surface area contributed by atoms with Crippen LogP contribution < -0.4 is 5.32 Å². The average Bonchev–Trinajstić information content (AvgIpc) is 2.70. The largest absolute Gasteiger partial charge is 0.354 e. The lowest BCUT2D eigenvalue weighted by Gasteiger charge is -2.33. The van der Waals surface area contributed by atoms with Gasteiger partial charge < -0.3 is 5.32 Å². The Bertz CT molecular complexity index is 912. The Balaban J connectivity index is 1.67. The Morgan fingerprint density at radius 3 is 2.46 bits per heavy atom. The lowest BCUT2D eigenvalue weighted by molar-refractivity contribution is -0.125. The zero-order chi connectivity index (χ0) is 20.1. The van der Waals surface area contributed by atoms with Gasteiger partial charge in [0.25, 0.3) is 0 Å². The van der Waals surface area contributed by atoms with Crippen LogP contribution in [0.4, 0.5) is 4.39 Å². The van der Waals surface area contributed by atoms with Crippen molar-refractivity contribution in [2.45, 2.75) is 43.5 Å². The van der Waals surface area contributed by atoms with E-state index < -0.39 is 21.9 Å². The monoisotopic (exact) mass is 404 g/mol. The summed E-state index contributed by atoms with van der Waals surface area (Å²) in [6, 6.07) is 12.1. The first-order valence-corrected chi connectivity index (χ1v) is 10.9. The molecule has 5 nitrogen and oxygen atoms in total. The first kappa shape index (κ1) is 20.5. The van der Waals surface area contributed by atoms with Crippen LogP contribution in [0.5, 0.6) is 0 Å². The number of hydrogen-bond donors (Lipinski definition) is 1. The van der Waals surface area contributed by atoms with Crippen molar-refractivity contribution in [3.63, 3.8) is 0 Å². The predicted octanol–water partition coefficient (Wildman–Crippen LogP) is 3.04.